The van der Waals surface area contributed by atoms with Gasteiger partial charge in [-0.05, 0) is 38.1 Å². The van der Waals surface area contributed by atoms with Crippen molar-refractivity contribution in [1.29, 1.82) is 0 Å². The Balaban J connectivity index is 1.56. The maximum absolute atomic E-state index is 13.3. The van der Waals surface area contributed by atoms with Gasteiger partial charge in [0, 0.05) is 17.7 Å². The monoisotopic (exact) mass is 487 g/mol. The summed E-state index contributed by atoms with van der Waals surface area (Å²) in [6.07, 6.45) is 0. The number of nitro groups is 1. The second-order valence-corrected chi connectivity index (χ2v) is 8.66. The second kappa shape index (κ2) is 10.3. The summed E-state index contributed by atoms with van der Waals surface area (Å²) in [7, 11) is 0. The van der Waals surface area contributed by atoms with Crippen molar-refractivity contribution < 1.29 is 9.72 Å². The molecule has 0 aliphatic heterocycles. The van der Waals surface area contributed by atoms with Crippen molar-refractivity contribution in [2.75, 3.05) is 5.75 Å². The van der Waals surface area contributed by atoms with Crippen molar-refractivity contribution in [3.8, 4) is 5.69 Å². The molecule has 1 N–H and O–H groups in total. The van der Waals surface area contributed by atoms with Gasteiger partial charge in [-0.15, -0.1) is 0 Å². The topological polar surface area (TPSA) is 119 Å². The molecule has 10 heteroatoms. The number of hydrogen-bond acceptors (Lipinski definition) is 7. The van der Waals surface area contributed by atoms with Crippen LogP contribution >= 0.6 is 11.8 Å². The summed E-state index contributed by atoms with van der Waals surface area (Å²) < 4.78 is 1.50. The number of carbonyl (C=O) groups excluding carboxylic acids is 1. The summed E-state index contributed by atoms with van der Waals surface area (Å²) in [5, 5.41) is 15.9. The van der Waals surface area contributed by atoms with Crippen molar-refractivity contribution in [3.63, 3.8) is 0 Å². The molecular weight excluding hydrogens is 466 g/mol. The average Bonchev–Trinajstić information content (AvgIpc) is 2.87. The van der Waals surface area contributed by atoms with Crippen LogP contribution in [-0.4, -0.2) is 31.8 Å². The number of carbonyl (C=O) groups is 1. The molecule has 0 aliphatic rings. The SMILES string of the molecule is C/C(=N\NC(=O)CSc1nc2ccccc2c(=O)n1-c1ccc(C)cc1)c1cccc([N+](=O)[O-])c1. The molecule has 4 rings (SSSR count). The predicted molar refractivity (Wildman–Crippen MR) is 136 cm³/mol. The lowest BCUT2D eigenvalue weighted by atomic mass is 10.1. The fourth-order valence-electron chi connectivity index (χ4n) is 3.35. The molecule has 0 aliphatic carbocycles. The average molecular weight is 488 g/mol. The maximum atomic E-state index is 13.3. The van der Waals surface area contributed by atoms with Gasteiger partial charge in [-0.2, -0.15) is 5.10 Å². The van der Waals surface area contributed by atoms with Crippen LogP contribution in [0.1, 0.15) is 18.1 Å². The maximum Gasteiger partial charge on any atom is 0.270 e. The number of non-ortho nitro benzene ring substituents is 1. The van der Waals surface area contributed by atoms with Gasteiger partial charge in [-0.3, -0.25) is 24.3 Å². The highest BCUT2D eigenvalue weighted by Crippen LogP contribution is 2.21. The number of aryl methyl sites for hydroxylation is 1. The number of amides is 1. The molecule has 9 nitrogen and oxygen atoms in total. The summed E-state index contributed by atoms with van der Waals surface area (Å²) in [4.78, 5) is 40.9. The van der Waals surface area contributed by atoms with Crippen molar-refractivity contribution in [1.82, 2.24) is 15.0 Å². The van der Waals surface area contributed by atoms with E-state index in [0.29, 0.717) is 33.0 Å². The number of thioether (sulfide) groups is 1. The first-order chi connectivity index (χ1) is 16.8. The van der Waals surface area contributed by atoms with E-state index in [0.717, 1.165) is 17.3 Å². The Kier molecular flexibility index (Phi) is 7.02. The van der Waals surface area contributed by atoms with Gasteiger partial charge in [-0.1, -0.05) is 53.7 Å². The Morgan fingerprint density at radius 3 is 2.60 bits per heavy atom. The molecular formula is C25H21N5O4S. The number of nitro benzene ring substituents is 1. The van der Waals surface area contributed by atoms with Gasteiger partial charge in [0.1, 0.15) is 0 Å². The molecule has 0 fully saturated rings. The van der Waals surface area contributed by atoms with Gasteiger partial charge < -0.3 is 0 Å². The lowest BCUT2D eigenvalue weighted by Gasteiger charge is -2.13. The molecule has 1 aromatic heterocycles. The van der Waals surface area contributed by atoms with E-state index in [1.807, 2.05) is 31.2 Å². The molecule has 0 spiro atoms. The highest BCUT2D eigenvalue weighted by atomic mass is 32.2. The van der Waals surface area contributed by atoms with E-state index in [1.54, 1.807) is 43.3 Å². The van der Waals surface area contributed by atoms with Gasteiger partial charge in [0.2, 0.25) is 0 Å². The van der Waals surface area contributed by atoms with E-state index in [1.165, 1.54) is 16.7 Å². The van der Waals surface area contributed by atoms with Crippen LogP contribution in [0.3, 0.4) is 0 Å². The van der Waals surface area contributed by atoms with Crippen LogP contribution in [0, 0.1) is 17.0 Å². The van der Waals surface area contributed by atoms with Gasteiger partial charge in [0.05, 0.1) is 33.0 Å². The molecule has 1 heterocycles. The lowest BCUT2D eigenvalue weighted by Crippen LogP contribution is -2.24. The molecule has 0 saturated heterocycles. The van der Waals surface area contributed by atoms with E-state index in [-0.39, 0.29) is 17.0 Å². The van der Waals surface area contributed by atoms with E-state index >= 15 is 0 Å². The number of aromatic nitrogens is 2. The smallest absolute Gasteiger partial charge is 0.270 e. The molecule has 0 saturated carbocycles. The third-order valence-electron chi connectivity index (χ3n) is 5.19. The number of nitrogens with one attached hydrogen (secondary N) is 1. The second-order valence-electron chi connectivity index (χ2n) is 7.72. The highest BCUT2D eigenvalue weighted by molar-refractivity contribution is 7.99. The fourth-order valence-corrected chi connectivity index (χ4v) is 4.15. The first-order valence-electron chi connectivity index (χ1n) is 10.6. The Bertz CT molecular complexity index is 1510. The number of nitrogens with zero attached hydrogens (tertiary/aromatic N) is 4. The Hall–Kier alpha value is -4.31. The minimum atomic E-state index is -0.490. The number of hydrogen-bond donors (Lipinski definition) is 1. The number of hydrazone groups is 1. The van der Waals surface area contributed by atoms with Gasteiger partial charge in [0.15, 0.2) is 5.16 Å². The summed E-state index contributed by atoms with van der Waals surface area (Å²) in [5.74, 6) is -0.444. The van der Waals surface area contributed by atoms with Crippen molar-refractivity contribution in [2.45, 2.75) is 19.0 Å². The first kappa shape index (κ1) is 23.8. The molecule has 4 aromatic rings. The number of benzene rings is 3. The minimum Gasteiger partial charge on any atom is -0.272 e. The number of fused-ring (bicyclic) bond motifs is 1. The zero-order valence-corrected chi connectivity index (χ0v) is 19.8. The molecule has 0 radical (unpaired) electrons. The Morgan fingerprint density at radius 2 is 1.86 bits per heavy atom. The van der Waals surface area contributed by atoms with Gasteiger partial charge in [-0.25, -0.2) is 10.4 Å². The van der Waals surface area contributed by atoms with Gasteiger partial charge >= 0.3 is 0 Å². The molecule has 176 valence electrons. The fraction of sp³-hybridized carbons (Fsp3) is 0.120. The lowest BCUT2D eigenvalue weighted by molar-refractivity contribution is -0.384. The summed E-state index contributed by atoms with van der Waals surface area (Å²) in [6.45, 7) is 3.60. The van der Waals surface area contributed by atoms with Crippen LogP contribution in [-0.2, 0) is 4.79 Å². The standard InChI is InChI=1S/C25H21N5O4S/c1-16-10-12-19(13-11-16)29-24(32)21-8-3-4-9-22(21)26-25(29)35-15-23(31)28-27-17(2)18-6-5-7-20(14-18)30(33)34/h3-14H,15H2,1-2H3,(H,28,31)/b27-17+. The minimum absolute atomic E-state index is 0.0393. The van der Waals surface area contributed by atoms with E-state index in [4.69, 9.17) is 0 Å². The number of rotatable bonds is 7. The normalized spacial score (nSPS) is 11.4. The molecule has 0 unspecified atom stereocenters. The van der Waals surface area contributed by atoms with Crippen LogP contribution in [0.15, 0.2) is 87.8 Å². The Morgan fingerprint density at radius 1 is 1.11 bits per heavy atom. The summed E-state index contributed by atoms with van der Waals surface area (Å²) >= 11 is 1.12. The van der Waals surface area contributed by atoms with Crippen molar-refractivity contribution in [3.05, 3.63) is 104 Å². The van der Waals surface area contributed by atoms with Crippen LogP contribution in [0.4, 0.5) is 5.69 Å². The van der Waals surface area contributed by atoms with E-state index < -0.39 is 10.8 Å². The largest absolute Gasteiger partial charge is 0.272 e. The predicted octanol–water partition coefficient (Wildman–Crippen LogP) is 4.23. The van der Waals surface area contributed by atoms with Crippen LogP contribution < -0.4 is 11.0 Å². The quantitative estimate of drug-likeness (QED) is 0.137. The van der Waals surface area contributed by atoms with Crippen LogP contribution in [0.25, 0.3) is 16.6 Å². The van der Waals surface area contributed by atoms with Crippen molar-refractivity contribution >= 4 is 40.0 Å². The summed E-state index contributed by atoms with van der Waals surface area (Å²) in [6, 6.07) is 20.6. The zero-order valence-electron chi connectivity index (χ0n) is 19.0. The van der Waals surface area contributed by atoms with Crippen LogP contribution in [0.5, 0.6) is 0 Å². The third kappa shape index (κ3) is 5.44. The van der Waals surface area contributed by atoms with Crippen LogP contribution in [0.2, 0.25) is 0 Å². The zero-order chi connectivity index (χ0) is 24.9. The first-order valence-corrected chi connectivity index (χ1v) is 11.6. The Labute approximate surface area is 204 Å². The highest BCUT2D eigenvalue weighted by Gasteiger charge is 2.15. The van der Waals surface area contributed by atoms with E-state index in [2.05, 4.69) is 15.5 Å². The van der Waals surface area contributed by atoms with Gasteiger partial charge in [0.25, 0.3) is 17.2 Å². The molecule has 1 amide bonds. The van der Waals surface area contributed by atoms with Crippen molar-refractivity contribution in [2.24, 2.45) is 5.10 Å². The molecule has 3 aromatic carbocycles. The molecule has 0 atom stereocenters. The summed E-state index contributed by atoms with van der Waals surface area (Å²) in [5.41, 5.74) is 5.38. The molecule has 0 bridgehead atoms. The number of para-hydroxylation sites is 1. The molecule has 35 heavy (non-hydrogen) atoms. The van der Waals surface area contributed by atoms with E-state index in [9.17, 15) is 19.7 Å². The third-order valence-corrected chi connectivity index (χ3v) is 6.13.